The number of benzene rings is 2. The molecule has 5 rings (SSSR count). The minimum absolute atomic E-state index is 0.0496. The quantitative estimate of drug-likeness (QED) is 0.565. The third-order valence-electron chi connectivity index (χ3n) is 5.38. The fraction of sp³-hybridized carbons (Fsp3) is 0.125. The first-order valence-electron chi connectivity index (χ1n) is 9.59. The van der Waals surface area contributed by atoms with Crippen LogP contribution in [0.2, 0.25) is 0 Å². The molecule has 0 bridgehead atoms. The normalized spacial score (nSPS) is 15.6. The van der Waals surface area contributed by atoms with E-state index < -0.39 is 6.04 Å². The van der Waals surface area contributed by atoms with Crippen LogP contribution >= 0.6 is 0 Å². The van der Waals surface area contributed by atoms with E-state index >= 15 is 0 Å². The maximum atomic E-state index is 13.5. The fourth-order valence-electron chi connectivity index (χ4n) is 4.03. The number of pyridine rings is 1. The Kier molecular flexibility index (Phi) is 4.13. The Morgan fingerprint density at radius 3 is 2.73 bits per heavy atom. The van der Waals surface area contributed by atoms with E-state index in [0.29, 0.717) is 22.1 Å². The first kappa shape index (κ1) is 18.1. The van der Waals surface area contributed by atoms with Crippen LogP contribution in [0.3, 0.4) is 0 Å². The van der Waals surface area contributed by atoms with Crippen LogP contribution in [0.5, 0.6) is 5.75 Å². The number of aryl methyl sites for hydroxylation is 1. The lowest BCUT2D eigenvalue weighted by Crippen LogP contribution is -2.29. The van der Waals surface area contributed by atoms with E-state index in [0.717, 1.165) is 11.1 Å². The van der Waals surface area contributed by atoms with Crippen LogP contribution in [0, 0.1) is 6.92 Å². The Bertz CT molecular complexity index is 1340. The maximum absolute atomic E-state index is 13.5. The van der Waals surface area contributed by atoms with E-state index in [2.05, 4.69) is 4.98 Å². The van der Waals surface area contributed by atoms with Crippen molar-refractivity contribution in [3.63, 3.8) is 0 Å². The Hall–Kier alpha value is -3.93. The molecule has 0 unspecified atom stereocenters. The molecule has 3 heterocycles. The summed E-state index contributed by atoms with van der Waals surface area (Å²) in [6.07, 6.45) is 3.35. The second-order valence-electron chi connectivity index (χ2n) is 7.47. The Morgan fingerprint density at radius 2 is 1.97 bits per heavy atom. The monoisotopic (exact) mass is 398 g/mol. The highest BCUT2D eigenvalue weighted by atomic mass is 16.3. The number of fused-ring (bicyclic) bond motifs is 2. The number of nitrogens with zero attached hydrogens (tertiary/aromatic N) is 2. The van der Waals surface area contributed by atoms with Gasteiger partial charge in [0, 0.05) is 18.9 Å². The van der Waals surface area contributed by atoms with Gasteiger partial charge in [0.2, 0.25) is 5.76 Å². The molecule has 0 fully saturated rings. The molecule has 1 aliphatic rings. The molecule has 0 radical (unpaired) electrons. The summed E-state index contributed by atoms with van der Waals surface area (Å²) in [6, 6.07) is 15.0. The topological polar surface area (TPSA) is 83.6 Å². The molecule has 0 saturated carbocycles. The van der Waals surface area contributed by atoms with Crippen molar-refractivity contribution in [1.82, 2.24) is 9.88 Å². The number of carbonyl (C=O) groups excluding carboxylic acids is 1. The zero-order valence-electron chi connectivity index (χ0n) is 16.2. The largest absolute Gasteiger partial charge is 0.508 e. The molecule has 6 heteroatoms. The highest BCUT2D eigenvalue weighted by Gasteiger charge is 2.42. The molecular weight excluding hydrogens is 380 g/mol. The first-order valence-corrected chi connectivity index (χ1v) is 9.59. The lowest BCUT2D eigenvalue weighted by molar-refractivity contribution is 0.0714. The van der Waals surface area contributed by atoms with Crippen molar-refractivity contribution < 1.29 is 14.3 Å². The Morgan fingerprint density at radius 1 is 1.10 bits per heavy atom. The summed E-state index contributed by atoms with van der Waals surface area (Å²) >= 11 is 0. The average Bonchev–Trinajstić information content (AvgIpc) is 3.02. The number of aromatic nitrogens is 1. The smallest absolute Gasteiger partial charge is 0.291 e. The van der Waals surface area contributed by atoms with Gasteiger partial charge >= 0.3 is 0 Å². The van der Waals surface area contributed by atoms with Crippen LogP contribution < -0.4 is 5.43 Å². The van der Waals surface area contributed by atoms with Gasteiger partial charge < -0.3 is 14.4 Å². The lowest BCUT2D eigenvalue weighted by atomic mass is 9.98. The second-order valence-corrected chi connectivity index (χ2v) is 7.47. The van der Waals surface area contributed by atoms with Gasteiger partial charge in [-0.25, -0.2) is 0 Å². The SMILES string of the molecule is Cc1ccc2oc3c(c(=O)c2c1)[C@H](c1cccc(O)c1)N(Cc1cccnc1)C3=O. The molecule has 6 nitrogen and oxygen atoms in total. The van der Waals surface area contributed by atoms with Gasteiger partial charge in [0.05, 0.1) is 17.0 Å². The number of phenolic OH excluding ortho intramolecular Hbond substituents is 1. The maximum Gasteiger partial charge on any atom is 0.291 e. The summed E-state index contributed by atoms with van der Waals surface area (Å²) in [5.74, 6) is -0.244. The van der Waals surface area contributed by atoms with E-state index in [1.54, 1.807) is 59.8 Å². The minimum atomic E-state index is -0.666. The molecule has 1 aliphatic heterocycles. The zero-order valence-corrected chi connectivity index (χ0v) is 16.2. The molecule has 2 aromatic carbocycles. The zero-order chi connectivity index (χ0) is 20.8. The molecule has 1 amide bonds. The standard InChI is InChI=1S/C24H18N2O4/c1-14-7-8-19-18(10-14)22(28)20-21(16-5-2-6-17(27)11-16)26(24(29)23(20)30-19)13-15-4-3-9-25-12-15/h2-12,21,27H,13H2,1H3/t21-/m0/s1. The summed E-state index contributed by atoms with van der Waals surface area (Å²) in [5, 5.41) is 10.5. The van der Waals surface area contributed by atoms with Crippen molar-refractivity contribution in [2.45, 2.75) is 19.5 Å². The average molecular weight is 398 g/mol. The van der Waals surface area contributed by atoms with Gasteiger partial charge in [0.25, 0.3) is 5.91 Å². The molecule has 30 heavy (non-hydrogen) atoms. The number of rotatable bonds is 3. The molecule has 1 N–H and O–H groups in total. The fourth-order valence-corrected chi connectivity index (χ4v) is 4.03. The van der Waals surface area contributed by atoms with Crippen LogP contribution in [0.15, 0.2) is 76.2 Å². The summed E-state index contributed by atoms with van der Waals surface area (Å²) < 4.78 is 5.93. The van der Waals surface area contributed by atoms with Crippen molar-refractivity contribution in [2.75, 3.05) is 0 Å². The molecule has 2 aromatic heterocycles. The van der Waals surface area contributed by atoms with Crippen molar-refractivity contribution in [3.8, 4) is 5.75 Å². The van der Waals surface area contributed by atoms with E-state index in [1.807, 2.05) is 19.1 Å². The molecular formula is C24H18N2O4. The number of carbonyl (C=O) groups is 1. The highest BCUT2D eigenvalue weighted by Crippen LogP contribution is 2.39. The van der Waals surface area contributed by atoms with Gasteiger partial charge in [0.1, 0.15) is 11.3 Å². The predicted octanol–water partition coefficient (Wildman–Crippen LogP) is 3.95. The molecule has 0 saturated heterocycles. The highest BCUT2D eigenvalue weighted by molar-refractivity contribution is 5.99. The first-order chi connectivity index (χ1) is 14.5. The number of amides is 1. The minimum Gasteiger partial charge on any atom is -0.508 e. The van der Waals surface area contributed by atoms with Crippen molar-refractivity contribution in [3.05, 3.63) is 105 Å². The molecule has 0 aliphatic carbocycles. The lowest BCUT2D eigenvalue weighted by Gasteiger charge is -2.25. The molecule has 4 aromatic rings. The molecule has 1 atom stereocenters. The third-order valence-corrected chi connectivity index (χ3v) is 5.38. The van der Waals surface area contributed by atoms with Crippen LogP contribution in [-0.4, -0.2) is 20.9 Å². The van der Waals surface area contributed by atoms with Gasteiger partial charge in [-0.1, -0.05) is 29.8 Å². The van der Waals surface area contributed by atoms with Gasteiger partial charge in [-0.3, -0.25) is 14.6 Å². The summed E-state index contributed by atoms with van der Waals surface area (Å²) in [5.41, 5.74) is 2.86. The van der Waals surface area contributed by atoms with Crippen LogP contribution in [0.4, 0.5) is 0 Å². The van der Waals surface area contributed by atoms with Crippen molar-refractivity contribution in [1.29, 1.82) is 0 Å². The van der Waals surface area contributed by atoms with Gasteiger partial charge in [-0.15, -0.1) is 0 Å². The van der Waals surface area contributed by atoms with E-state index in [9.17, 15) is 14.7 Å². The van der Waals surface area contributed by atoms with Crippen LogP contribution in [0.1, 0.15) is 38.9 Å². The van der Waals surface area contributed by atoms with Gasteiger partial charge in [-0.2, -0.15) is 0 Å². The molecule has 148 valence electrons. The number of aromatic hydroxyl groups is 1. The second kappa shape index (κ2) is 6.84. The predicted molar refractivity (Wildman–Crippen MR) is 111 cm³/mol. The van der Waals surface area contributed by atoms with E-state index in [1.165, 1.54) is 0 Å². The third kappa shape index (κ3) is 2.85. The number of hydrogen-bond donors (Lipinski definition) is 1. The van der Waals surface area contributed by atoms with Gasteiger partial charge in [0.15, 0.2) is 5.43 Å². The summed E-state index contributed by atoms with van der Waals surface area (Å²) in [7, 11) is 0. The molecule has 0 spiro atoms. The van der Waals surface area contributed by atoms with Crippen LogP contribution in [0.25, 0.3) is 11.0 Å². The Balaban J connectivity index is 1.75. The van der Waals surface area contributed by atoms with Crippen molar-refractivity contribution in [2.24, 2.45) is 0 Å². The summed E-state index contributed by atoms with van der Waals surface area (Å²) in [6.45, 7) is 2.16. The van der Waals surface area contributed by atoms with E-state index in [4.69, 9.17) is 4.42 Å². The number of phenols is 1. The van der Waals surface area contributed by atoms with Crippen molar-refractivity contribution >= 4 is 16.9 Å². The Labute approximate surface area is 172 Å². The summed E-state index contributed by atoms with van der Waals surface area (Å²) in [4.78, 5) is 32.5. The van der Waals surface area contributed by atoms with Gasteiger partial charge in [-0.05, 0) is 48.4 Å². The van der Waals surface area contributed by atoms with Crippen LogP contribution in [-0.2, 0) is 6.54 Å². The van der Waals surface area contributed by atoms with E-state index in [-0.39, 0.29) is 29.4 Å². The number of hydrogen-bond acceptors (Lipinski definition) is 5.